The molecule has 3 aromatic rings. The van der Waals surface area contributed by atoms with E-state index in [1.165, 1.54) is 27.1 Å². The molecule has 1 nitrogen and oxygen atoms in total. The lowest BCUT2D eigenvalue weighted by molar-refractivity contribution is 0.101. The number of allylic oxidation sites excluding steroid dienone is 1. The lowest BCUT2D eigenvalue weighted by atomic mass is 10.1. The first kappa shape index (κ1) is 25.8. The Balaban J connectivity index is 0.000000235. The van der Waals surface area contributed by atoms with E-state index in [-0.39, 0.29) is 5.78 Å². The minimum atomic E-state index is 0.128. The fourth-order valence-electron chi connectivity index (χ4n) is 3.02. The van der Waals surface area contributed by atoms with E-state index in [2.05, 4.69) is 82.8 Å². The Kier molecular flexibility index (Phi) is 11.6. The van der Waals surface area contributed by atoms with Gasteiger partial charge in [0, 0.05) is 5.56 Å². The number of carbonyl (C=O) groups excluding carboxylic acids is 1. The molecule has 0 saturated carbocycles. The highest BCUT2D eigenvalue weighted by molar-refractivity contribution is 5.94. The molecule has 0 unspecified atom stereocenters. The normalized spacial score (nSPS) is 11.0. The second-order valence-corrected chi connectivity index (χ2v) is 7.59. The summed E-state index contributed by atoms with van der Waals surface area (Å²) >= 11 is 0. The fourth-order valence-corrected chi connectivity index (χ4v) is 3.02. The summed E-state index contributed by atoms with van der Waals surface area (Å²) in [4.78, 5) is 10.8. The zero-order valence-electron chi connectivity index (χ0n) is 19.9. The number of rotatable bonds is 3. The first-order valence-corrected chi connectivity index (χ1v) is 10.8. The zero-order valence-corrected chi connectivity index (χ0v) is 19.9. The molecule has 0 atom stereocenters. The maximum atomic E-state index is 10.8. The Morgan fingerprint density at radius 1 is 0.839 bits per heavy atom. The molecule has 0 saturated heterocycles. The predicted molar refractivity (Wildman–Crippen MR) is 137 cm³/mol. The molecule has 3 aromatic carbocycles. The number of carbonyl (C=O) groups is 1. The predicted octanol–water partition coefficient (Wildman–Crippen LogP) is 6.52. The average molecular weight is 413 g/mol. The van der Waals surface area contributed by atoms with Crippen molar-refractivity contribution in [1.82, 2.24) is 0 Å². The molecular weight excluding hydrogens is 376 g/mol. The molecule has 0 radical (unpaired) electrons. The first-order valence-electron chi connectivity index (χ1n) is 10.8. The van der Waals surface area contributed by atoms with Gasteiger partial charge >= 0.3 is 0 Å². The van der Waals surface area contributed by atoms with Crippen molar-refractivity contribution in [3.8, 4) is 0 Å². The van der Waals surface area contributed by atoms with Crippen LogP contribution in [0.3, 0.4) is 0 Å². The molecule has 1 heteroatoms. The maximum absolute atomic E-state index is 10.8. The van der Waals surface area contributed by atoms with Crippen molar-refractivity contribution in [1.29, 1.82) is 0 Å². The second kappa shape index (κ2) is 13.9. The Hall–Kier alpha value is -3.19. The van der Waals surface area contributed by atoms with Crippen LogP contribution in [0.15, 0.2) is 79.4 Å². The molecule has 0 heterocycles. The van der Waals surface area contributed by atoms with Crippen molar-refractivity contribution in [2.75, 3.05) is 0 Å². The van der Waals surface area contributed by atoms with Crippen molar-refractivity contribution in [2.24, 2.45) is 0 Å². The van der Waals surface area contributed by atoms with Crippen LogP contribution in [0.25, 0.3) is 12.2 Å². The topological polar surface area (TPSA) is 17.1 Å². The van der Waals surface area contributed by atoms with E-state index < -0.39 is 0 Å². The summed E-state index contributed by atoms with van der Waals surface area (Å²) in [5.74, 6) is 0.128. The molecule has 3 rings (SSSR count). The van der Waals surface area contributed by atoms with Crippen LogP contribution in [-0.4, -0.2) is 5.78 Å². The third-order valence-electron chi connectivity index (χ3n) is 4.77. The number of aryl methyl sites for hydroxylation is 4. The number of hydrogen-bond donors (Lipinski definition) is 0. The molecule has 0 bridgehead atoms. The van der Waals surface area contributed by atoms with E-state index in [1.807, 2.05) is 43.3 Å². The van der Waals surface area contributed by atoms with Crippen LogP contribution in [0.2, 0.25) is 0 Å². The van der Waals surface area contributed by atoms with Crippen molar-refractivity contribution in [2.45, 2.75) is 48.0 Å². The molecule has 0 N–H and O–H groups in total. The minimum absolute atomic E-state index is 0.128. The van der Waals surface area contributed by atoms with Gasteiger partial charge in [-0.25, -0.2) is 0 Å². The molecule has 0 aliphatic rings. The summed E-state index contributed by atoms with van der Waals surface area (Å²) in [7, 11) is 0. The summed E-state index contributed by atoms with van der Waals surface area (Å²) < 4.78 is 0. The van der Waals surface area contributed by atoms with Gasteiger partial charge in [0.05, 0.1) is 0 Å². The van der Waals surface area contributed by atoms with Gasteiger partial charge in [-0.3, -0.25) is 4.79 Å². The lowest BCUT2D eigenvalue weighted by Gasteiger charge is -1.95. The van der Waals surface area contributed by atoms with Gasteiger partial charge in [-0.15, -0.1) is 0 Å². The van der Waals surface area contributed by atoms with Crippen LogP contribution in [0.5, 0.6) is 0 Å². The van der Waals surface area contributed by atoms with Gasteiger partial charge in [0.1, 0.15) is 0 Å². The molecule has 0 amide bonds. The van der Waals surface area contributed by atoms with Gasteiger partial charge in [-0.1, -0.05) is 109 Å². The van der Waals surface area contributed by atoms with E-state index in [1.54, 1.807) is 6.92 Å². The quantitative estimate of drug-likeness (QED) is 0.448. The van der Waals surface area contributed by atoms with Crippen LogP contribution < -0.4 is 10.4 Å². The first-order chi connectivity index (χ1) is 14.8. The van der Waals surface area contributed by atoms with E-state index in [9.17, 15) is 4.79 Å². The smallest absolute Gasteiger partial charge is 0.159 e. The number of Topliss-reactive ketones (excluding diaryl/α,β-unsaturated/α-hetero) is 1. The SMILES string of the molecule is C=C/C=c1/ccc(C)c/c1=C/C.CC(=O)c1cccc(C)c1.CCc1cccc(C)c1. The van der Waals surface area contributed by atoms with Crippen LogP contribution in [0.4, 0.5) is 0 Å². The monoisotopic (exact) mass is 412 g/mol. The maximum Gasteiger partial charge on any atom is 0.159 e. The summed E-state index contributed by atoms with van der Waals surface area (Å²) in [6.45, 7) is 15.7. The molecule has 0 aromatic heterocycles. The summed E-state index contributed by atoms with van der Waals surface area (Å²) in [5, 5.41) is 2.51. The zero-order chi connectivity index (χ0) is 23.2. The molecule has 162 valence electrons. The summed E-state index contributed by atoms with van der Waals surface area (Å²) in [6.07, 6.45) is 7.09. The number of hydrogen-bond acceptors (Lipinski definition) is 1. The summed E-state index contributed by atoms with van der Waals surface area (Å²) in [5.41, 5.74) is 6.00. The number of benzene rings is 3. The van der Waals surface area contributed by atoms with Crippen molar-refractivity contribution in [3.05, 3.63) is 118 Å². The van der Waals surface area contributed by atoms with Crippen LogP contribution >= 0.6 is 0 Å². The fraction of sp³-hybridized carbons (Fsp3) is 0.233. The highest BCUT2D eigenvalue weighted by Crippen LogP contribution is 2.04. The molecule has 31 heavy (non-hydrogen) atoms. The van der Waals surface area contributed by atoms with Crippen molar-refractivity contribution < 1.29 is 4.79 Å². The van der Waals surface area contributed by atoms with Gasteiger partial charge in [0.15, 0.2) is 5.78 Å². The lowest BCUT2D eigenvalue weighted by Crippen LogP contribution is -2.23. The molecule has 0 fully saturated rings. The minimum Gasteiger partial charge on any atom is -0.295 e. The third-order valence-corrected chi connectivity index (χ3v) is 4.77. The number of ketones is 1. The van der Waals surface area contributed by atoms with Crippen LogP contribution in [0.1, 0.15) is 53.4 Å². The van der Waals surface area contributed by atoms with Gasteiger partial charge in [-0.2, -0.15) is 0 Å². The van der Waals surface area contributed by atoms with E-state index in [4.69, 9.17) is 0 Å². The van der Waals surface area contributed by atoms with Crippen molar-refractivity contribution in [3.63, 3.8) is 0 Å². The second-order valence-electron chi connectivity index (χ2n) is 7.59. The van der Waals surface area contributed by atoms with E-state index in [0.717, 1.165) is 17.5 Å². The highest BCUT2D eigenvalue weighted by Gasteiger charge is 1.96. The Morgan fingerprint density at radius 3 is 1.90 bits per heavy atom. The van der Waals surface area contributed by atoms with Gasteiger partial charge in [-0.05, 0) is 63.1 Å². The largest absolute Gasteiger partial charge is 0.295 e. The summed E-state index contributed by atoms with van der Waals surface area (Å²) in [6, 6.07) is 22.6. The van der Waals surface area contributed by atoms with E-state index >= 15 is 0 Å². The third kappa shape index (κ3) is 9.91. The Morgan fingerprint density at radius 2 is 1.45 bits per heavy atom. The van der Waals surface area contributed by atoms with Gasteiger partial charge < -0.3 is 0 Å². The standard InChI is InChI=1S/C12H14.C9H10O.C9H12/c1-4-6-12-8-7-10(3)9-11(12)5-2;1-7-4-3-5-9(6-7)8(2)10;1-3-9-6-4-5-8(2)7-9/h4-9H,1H2,2-3H3;3-6H,1-2H3;4-7H,3H2,1-2H3/b11-5-,12-6-;;. The van der Waals surface area contributed by atoms with E-state index in [0.29, 0.717) is 0 Å². The highest BCUT2D eigenvalue weighted by atomic mass is 16.1. The molecule has 0 spiro atoms. The molecular formula is C30H36O. The van der Waals surface area contributed by atoms with Gasteiger partial charge in [0.25, 0.3) is 0 Å². The molecule has 0 aliphatic heterocycles. The van der Waals surface area contributed by atoms with Crippen molar-refractivity contribution >= 4 is 17.9 Å². The van der Waals surface area contributed by atoms with Crippen LogP contribution in [-0.2, 0) is 6.42 Å². The Bertz CT molecular complexity index is 1100. The average Bonchev–Trinajstić information content (AvgIpc) is 2.76. The van der Waals surface area contributed by atoms with Gasteiger partial charge in [0.2, 0.25) is 0 Å². The van der Waals surface area contributed by atoms with Crippen LogP contribution in [0, 0.1) is 20.8 Å². The Labute approximate surface area is 188 Å². The molecule has 0 aliphatic carbocycles.